The van der Waals surface area contributed by atoms with Crippen molar-refractivity contribution in [1.29, 1.82) is 0 Å². The summed E-state index contributed by atoms with van der Waals surface area (Å²) >= 11 is 0. The molecule has 2 aliphatic heterocycles. The van der Waals surface area contributed by atoms with Crippen LogP contribution in [-0.4, -0.2) is 63.0 Å². The first-order chi connectivity index (χ1) is 9.85. The fraction of sp³-hybridized carbons (Fsp3) is 1.00. The van der Waals surface area contributed by atoms with Crippen LogP contribution in [0.2, 0.25) is 0 Å². The highest BCUT2D eigenvalue weighted by Gasteiger charge is 2.39. The van der Waals surface area contributed by atoms with Gasteiger partial charge >= 0.3 is 0 Å². The molecule has 4 nitrogen and oxygen atoms in total. The minimum absolute atomic E-state index is 0.708. The summed E-state index contributed by atoms with van der Waals surface area (Å²) < 4.78 is 10.6. The van der Waals surface area contributed by atoms with Crippen molar-refractivity contribution < 1.29 is 9.47 Å². The number of methoxy groups -OCH3 is 1. The van der Waals surface area contributed by atoms with Crippen molar-refractivity contribution in [1.82, 2.24) is 10.2 Å². The van der Waals surface area contributed by atoms with E-state index in [1.807, 2.05) is 0 Å². The third kappa shape index (κ3) is 4.69. The van der Waals surface area contributed by atoms with E-state index >= 15 is 0 Å². The van der Waals surface area contributed by atoms with Crippen molar-refractivity contribution in [2.45, 2.75) is 63.6 Å². The number of nitrogens with one attached hydrogen (secondary N) is 1. The second-order valence-corrected chi connectivity index (χ2v) is 6.20. The number of hydrogen-bond donors (Lipinski definition) is 1. The van der Waals surface area contributed by atoms with Crippen LogP contribution < -0.4 is 5.32 Å². The van der Waals surface area contributed by atoms with E-state index in [1.54, 1.807) is 7.11 Å². The van der Waals surface area contributed by atoms with E-state index in [4.69, 9.17) is 9.47 Å². The predicted molar refractivity (Wildman–Crippen MR) is 82.1 cm³/mol. The first kappa shape index (κ1) is 16.2. The molecule has 0 spiro atoms. The second kappa shape index (κ2) is 8.98. The van der Waals surface area contributed by atoms with Gasteiger partial charge < -0.3 is 14.8 Å². The van der Waals surface area contributed by atoms with Crippen LogP contribution in [0.5, 0.6) is 0 Å². The smallest absolute Gasteiger partial charge is 0.0700 e. The molecule has 0 aromatic heterocycles. The fourth-order valence-electron chi connectivity index (χ4n) is 3.75. The Morgan fingerprint density at radius 1 is 1.10 bits per heavy atom. The summed E-state index contributed by atoms with van der Waals surface area (Å²) in [4.78, 5) is 2.75. The SMILES string of the molecule is CCCNC1CC2CCC(C1)N2CCCOCCOC. The number of fused-ring (bicyclic) bond motifs is 2. The van der Waals surface area contributed by atoms with Crippen LogP contribution in [0.3, 0.4) is 0 Å². The Morgan fingerprint density at radius 2 is 1.85 bits per heavy atom. The van der Waals surface area contributed by atoms with Crippen molar-refractivity contribution in [3.63, 3.8) is 0 Å². The third-order valence-electron chi connectivity index (χ3n) is 4.70. The Balaban J connectivity index is 1.62. The molecular weight excluding hydrogens is 252 g/mol. The van der Waals surface area contributed by atoms with Gasteiger partial charge in [0.1, 0.15) is 0 Å². The number of ether oxygens (including phenoxy) is 2. The molecule has 118 valence electrons. The number of piperidine rings is 1. The van der Waals surface area contributed by atoms with Crippen LogP contribution in [0.15, 0.2) is 0 Å². The summed E-state index contributed by atoms with van der Waals surface area (Å²) in [7, 11) is 1.72. The Labute approximate surface area is 124 Å². The van der Waals surface area contributed by atoms with Gasteiger partial charge in [-0.25, -0.2) is 0 Å². The summed E-state index contributed by atoms with van der Waals surface area (Å²) in [6.07, 6.45) is 7.90. The lowest BCUT2D eigenvalue weighted by Gasteiger charge is -2.39. The highest BCUT2D eigenvalue weighted by Crippen LogP contribution is 2.35. The molecule has 2 bridgehead atoms. The van der Waals surface area contributed by atoms with E-state index in [0.29, 0.717) is 6.61 Å². The van der Waals surface area contributed by atoms with E-state index in [9.17, 15) is 0 Å². The second-order valence-electron chi connectivity index (χ2n) is 6.20. The first-order valence-corrected chi connectivity index (χ1v) is 8.41. The van der Waals surface area contributed by atoms with Crippen molar-refractivity contribution in [3.8, 4) is 0 Å². The van der Waals surface area contributed by atoms with Gasteiger partial charge in [0, 0.05) is 38.4 Å². The van der Waals surface area contributed by atoms with Crippen LogP contribution >= 0.6 is 0 Å². The summed E-state index contributed by atoms with van der Waals surface area (Å²) in [6, 6.07) is 2.41. The lowest BCUT2D eigenvalue weighted by Crippen LogP contribution is -2.49. The molecule has 0 amide bonds. The zero-order valence-electron chi connectivity index (χ0n) is 13.3. The molecule has 2 aliphatic rings. The zero-order valence-corrected chi connectivity index (χ0v) is 13.3. The molecule has 0 radical (unpaired) electrons. The highest BCUT2D eigenvalue weighted by molar-refractivity contribution is 4.97. The van der Waals surface area contributed by atoms with Gasteiger partial charge in [0.2, 0.25) is 0 Å². The average Bonchev–Trinajstić information content (AvgIpc) is 2.70. The van der Waals surface area contributed by atoms with Crippen molar-refractivity contribution in [2.75, 3.05) is 40.0 Å². The van der Waals surface area contributed by atoms with E-state index in [1.165, 1.54) is 45.2 Å². The van der Waals surface area contributed by atoms with Gasteiger partial charge in [-0.3, -0.25) is 4.90 Å². The normalized spacial score (nSPS) is 30.0. The summed E-state index contributed by atoms with van der Waals surface area (Å²) in [5.41, 5.74) is 0. The lowest BCUT2D eigenvalue weighted by atomic mass is 9.97. The molecule has 4 heteroatoms. The number of hydrogen-bond acceptors (Lipinski definition) is 4. The van der Waals surface area contributed by atoms with Gasteiger partial charge in [-0.15, -0.1) is 0 Å². The quantitative estimate of drug-likeness (QED) is 0.623. The molecule has 1 N–H and O–H groups in total. The lowest BCUT2D eigenvalue weighted by molar-refractivity contribution is 0.0557. The standard InChI is InChI=1S/C16H32N2O2/c1-3-7-17-14-12-15-5-6-16(13-14)18(15)8-4-9-20-11-10-19-2/h14-17H,3-13H2,1-2H3. The molecule has 20 heavy (non-hydrogen) atoms. The van der Waals surface area contributed by atoms with E-state index < -0.39 is 0 Å². The molecule has 2 atom stereocenters. The van der Waals surface area contributed by atoms with Gasteiger partial charge in [0.25, 0.3) is 0 Å². The summed E-state index contributed by atoms with van der Waals surface area (Å²) in [5, 5.41) is 3.72. The number of rotatable bonds is 10. The molecular formula is C16H32N2O2. The van der Waals surface area contributed by atoms with Crippen LogP contribution in [0.25, 0.3) is 0 Å². The monoisotopic (exact) mass is 284 g/mol. The van der Waals surface area contributed by atoms with E-state index in [0.717, 1.165) is 37.8 Å². The van der Waals surface area contributed by atoms with Crippen molar-refractivity contribution in [3.05, 3.63) is 0 Å². The summed E-state index contributed by atoms with van der Waals surface area (Å²) in [5.74, 6) is 0. The van der Waals surface area contributed by atoms with Crippen LogP contribution in [-0.2, 0) is 9.47 Å². The van der Waals surface area contributed by atoms with Crippen molar-refractivity contribution in [2.24, 2.45) is 0 Å². The fourth-order valence-corrected chi connectivity index (χ4v) is 3.75. The molecule has 0 aromatic rings. The van der Waals surface area contributed by atoms with Gasteiger partial charge in [-0.05, 0) is 45.1 Å². The maximum Gasteiger partial charge on any atom is 0.0700 e. The molecule has 0 aromatic carbocycles. The molecule has 2 saturated heterocycles. The molecule has 2 unspecified atom stereocenters. The van der Waals surface area contributed by atoms with Crippen molar-refractivity contribution >= 4 is 0 Å². The minimum atomic E-state index is 0.708. The van der Waals surface area contributed by atoms with Gasteiger partial charge in [0.15, 0.2) is 0 Å². The molecule has 0 saturated carbocycles. The first-order valence-electron chi connectivity index (χ1n) is 8.41. The largest absolute Gasteiger partial charge is 0.382 e. The highest BCUT2D eigenvalue weighted by atomic mass is 16.5. The van der Waals surface area contributed by atoms with Crippen LogP contribution in [0.1, 0.15) is 45.4 Å². The zero-order chi connectivity index (χ0) is 14.2. The topological polar surface area (TPSA) is 33.7 Å². The molecule has 2 rings (SSSR count). The molecule has 2 fully saturated rings. The molecule has 2 heterocycles. The predicted octanol–water partition coefficient (Wildman–Crippen LogP) is 2.03. The maximum atomic E-state index is 5.57. The third-order valence-corrected chi connectivity index (χ3v) is 4.70. The maximum absolute atomic E-state index is 5.57. The minimum Gasteiger partial charge on any atom is -0.382 e. The van der Waals surface area contributed by atoms with Crippen LogP contribution in [0.4, 0.5) is 0 Å². The Morgan fingerprint density at radius 3 is 2.50 bits per heavy atom. The van der Waals surface area contributed by atoms with E-state index in [-0.39, 0.29) is 0 Å². The average molecular weight is 284 g/mol. The number of nitrogens with zero attached hydrogens (tertiary/aromatic N) is 1. The Kier molecular flexibility index (Phi) is 7.28. The molecule has 0 aliphatic carbocycles. The summed E-state index contributed by atoms with van der Waals surface area (Å²) in [6.45, 7) is 6.95. The Hall–Kier alpha value is -0.160. The van der Waals surface area contributed by atoms with Gasteiger partial charge in [-0.2, -0.15) is 0 Å². The van der Waals surface area contributed by atoms with Gasteiger partial charge in [-0.1, -0.05) is 6.92 Å². The van der Waals surface area contributed by atoms with E-state index in [2.05, 4.69) is 17.1 Å². The van der Waals surface area contributed by atoms with Crippen LogP contribution in [0, 0.1) is 0 Å². The Bertz CT molecular complexity index is 249. The van der Waals surface area contributed by atoms with Gasteiger partial charge in [0.05, 0.1) is 13.2 Å².